The monoisotopic (exact) mass is 355 g/mol. The number of halogens is 1. The normalized spacial score (nSPS) is 19.3. The van der Waals surface area contributed by atoms with Crippen LogP contribution in [0.3, 0.4) is 0 Å². The Kier molecular flexibility index (Phi) is 6.06. The summed E-state index contributed by atoms with van der Waals surface area (Å²) in [6.07, 6.45) is 1.95. The summed E-state index contributed by atoms with van der Waals surface area (Å²) >= 11 is 3.50. The minimum absolute atomic E-state index is 0.00292. The fourth-order valence-electron chi connectivity index (χ4n) is 2.76. The van der Waals surface area contributed by atoms with Gasteiger partial charge in [-0.2, -0.15) is 0 Å². The standard InChI is InChI=1S/C16H22BrNO3/c1-3-21-16(19)12-5-4-8-18(10-12)11-13-9-14(17)6-7-15(13)20-2/h6-7,9,12H,3-5,8,10-11H2,1-2H3/t12-/m0/s1. The smallest absolute Gasteiger partial charge is 0.310 e. The first-order valence-corrected chi connectivity index (χ1v) is 8.14. The molecule has 2 rings (SSSR count). The maximum Gasteiger partial charge on any atom is 0.310 e. The molecule has 0 N–H and O–H groups in total. The van der Waals surface area contributed by atoms with Gasteiger partial charge in [0.05, 0.1) is 19.6 Å². The van der Waals surface area contributed by atoms with E-state index in [1.165, 1.54) is 0 Å². The lowest BCUT2D eigenvalue weighted by atomic mass is 9.97. The molecule has 0 aliphatic carbocycles. The lowest BCUT2D eigenvalue weighted by molar-refractivity contribution is -0.150. The molecule has 0 aromatic heterocycles. The Morgan fingerprint density at radius 1 is 1.48 bits per heavy atom. The molecule has 0 spiro atoms. The van der Waals surface area contributed by atoms with Crippen LogP contribution in [0, 0.1) is 5.92 Å². The molecule has 1 aromatic rings. The Balaban J connectivity index is 2.02. The van der Waals surface area contributed by atoms with Crippen LogP contribution in [-0.4, -0.2) is 37.7 Å². The molecule has 1 aliphatic heterocycles. The van der Waals surface area contributed by atoms with Crippen molar-refractivity contribution in [2.75, 3.05) is 26.8 Å². The van der Waals surface area contributed by atoms with Gasteiger partial charge in [-0.1, -0.05) is 15.9 Å². The second-order valence-electron chi connectivity index (χ2n) is 5.28. The minimum Gasteiger partial charge on any atom is -0.496 e. The maximum atomic E-state index is 11.9. The van der Waals surface area contributed by atoms with Gasteiger partial charge >= 0.3 is 5.97 Å². The van der Waals surface area contributed by atoms with Crippen molar-refractivity contribution < 1.29 is 14.3 Å². The molecule has 1 atom stereocenters. The molecule has 5 heteroatoms. The molecule has 0 radical (unpaired) electrons. The van der Waals surface area contributed by atoms with Crippen molar-refractivity contribution in [1.29, 1.82) is 0 Å². The van der Waals surface area contributed by atoms with Gasteiger partial charge in [0.25, 0.3) is 0 Å². The van der Waals surface area contributed by atoms with Gasteiger partial charge in [0.15, 0.2) is 0 Å². The number of piperidine rings is 1. The fraction of sp³-hybridized carbons (Fsp3) is 0.562. The van der Waals surface area contributed by atoms with Gasteiger partial charge < -0.3 is 9.47 Å². The van der Waals surface area contributed by atoms with E-state index in [4.69, 9.17) is 9.47 Å². The molecule has 0 unspecified atom stereocenters. The highest BCUT2D eigenvalue weighted by atomic mass is 79.9. The number of rotatable bonds is 5. The number of likely N-dealkylation sites (tertiary alicyclic amines) is 1. The molecule has 4 nitrogen and oxygen atoms in total. The van der Waals surface area contributed by atoms with Crippen molar-refractivity contribution in [3.05, 3.63) is 28.2 Å². The number of hydrogen-bond donors (Lipinski definition) is 0. The lowest BCUT2D eigenvalue weighted by Crippen LogP contribution is -2.39. The van der Waals surface area contributed by atoms with Gasteiger partial charge in [-0.05, 0) is 44.5 Å². The molecular formula is C16H22BrNO3. The third-order valence-corrected chi connectivity index (χ3v) is 4.26. The number of nitrogens with zero attached hydrogens (tertiary/aromatic N) is 1. The first kappa shape index (κ1) is 16.3. The third kappa shape index (κ3) is 4.45. The Labute approximate surface area is 134 Å². The van der Waals surface area contributed by atoms with Gasteiger partial charge in [-0.3, -0.25) is 9.69 Å². The molecule has 1 fully saturated rings. The van der Waals surface area contributed by atoms with Gasteiger partial charge in [-0.15, -0.1) is 0 Å². The van der Waals surface area contributed by atoms with E-state index in [1.807, 2.05) is 19.1 Å². The van der Waals surface area contributed by atoms with Crippen LogP contribution in [0.1, 0.15) is 25.3 Å². The summed E-state index contributed by atoms with van der Waals surface area (Å²) in [5.41, 5.74) is 1.14. The molecule has 1 aromatic carbocycles. The van der Waals surface area contributed by atoms with E-state index in [-0.39, 0.29) is 11.9 Å². The van der Waals surface area contributed by atoms with Crippen molar-refractivity contribution in [2.24, 2.45) is 5.92 Å². The van der Waals surface area contributed by atoms with Crippen LogP contribution in [0.5, 0.6) is 5.75 Å². The highest BCUT2D eigenvalue weighted by molar-refractivity contribution is 9.10. The van der Waals surface area contributed by atoms with Gasteiger partial charge in [0.2, 0.25) is 0 Å². The van der Waals surface area contributed by atoms with Gasteiger partial charge in [-0.25, -0.2) is 0 Å². The number of esters is 1. The zero-order chi connectivity index (χ0) is 15.2. The molecule has 116 valence electrons. The average Bonchev–Trinajstić information content (AvgIpc) is 2.48. The van der Waals surface area contributed by atoms with Crippen LogP contribution in [0.25, 0.3) is 0 Å². The molecule has 0 bridgehead atoms. The number of benzene rings is 1. The summed E-state index contributed by atoms with van der Waals surface area (Å²) in [4.78, 5) is 14.2. The Hall–Kier alpha value is -1.07. The van der Waals surface area contributed by atoms with Crippen LogP contribution in [0.4, 0.5) is 0 Å². The van der Waals surface area contributed by atoms with E-state index >= 15 is 0 Å². The summed E-state index contributed by atoms with van der Waals surface area (Å²) < 4.78 is 11.6. The Morgan fingerprint density at radius 3 is 3.00 bits per heavy atom. The summed E-state index contributed by atoms with van der Waals surface area (Å²) in [5.74, 6) is 0.816. The highest BCUT2D eigenvalue weighted by Crippen LogP contribution is 2.26. The van der Waals surface area contributed by atoms with E-state index in [1.54, 1.807) is 7.11 Å². The Morgan fingerprint density at radius 2 is 2.29 bits per heavy atom. The van der Waals surface area contributed by atoms with Crippen LogP contribution in [0.2, 0.25) is 0 Å². The first-order chi connectivity index (χ1) is 10.1. The summed E-state index contributed by atoms with van der Waals surface area (Å²) in [6, 6.07) is 6.01. The van der Waals surface area contributed by atoms with E-state index in [9.17, 15) is 4.79 Å². The summed E-state index contributed by atoms with van der Waals surface area (Å²) in [7, 11) is 1.68. The van der Waals surface area contributed by atoms with Crippen LogP contribution >= 0.6 is 15.9 Å². The number of methoxy groups -OCH3 is 1. The maximum absolute atomic E-state index is 11.9. The van der Waals surface area contributed by atoms with E-state index < -0.39 is 0 Å². The van der Waals surface area contributed by atoms with Crippen LogP contribution < -0.4 is 4.74 Å². The molecule has 1 heterocycles. The first-order valence-electron chi connectivity index (χ1n) is 7.35. The van der Waals surface area contributed by atoms with Crippen LogP contribution in [0.15, 0.2) is 22.7 Å². The van der Waals surface area contributed by atoms with Gasteiger partial charge in [0, 0.05) is 23.1 Å². The predicted octanol–water partition coefficient (Wildman–Crippen LogP) is 3.23. The van der Waals surface area contributed by atoms with Crippen LogP contribution in [-0.2, 0) is 16.1 Å². The highest BCUT2D eigenvalue weighted by Gasteiger charge is 2.27. The SMILES string of the molecule is CCOC(=O)[C@H]1CCCN(Cc2cc(Br)ccc2OC)C1. The number of carbonyl (C=O) groups is 1. The fourth-order valence-corrected chi connectivity index (χ4v) is 3.17. The second kappa shape index (κ2) is 7.80. The Bertz CT molecular complexity index is 492. The number of carbonyl (C=O) groups excluding carboxylic acids is 1. The molecule has 0 amide bonds. The summed E-state index contributed by atoms with van der Waals surface area (Å²) in [6.45, 7) is 4.86. The van der Waals surface area contributed by atoms with E-state index in [0.717, 1.165) is 48.3 Å². The average molecular weight is 356 g/mol. The third-order valence-electron chi connectivity index (χ3n) is 3.76. The van der Waals surface area contributed by atoms with Gasteiger partial charge in [0.1, 0.15) is 5.75 Å². The minimum atomic E-state index is -0.0663. The van der Waals surface area contributed by atoms with Crippen molar-refractivity contribution in [2.45, 2.75) is 26.3 Å². The number of ether oxygens (including phenoxy) is 2. The van der Waals surface area contributed by atoms with Crippen molar-refractivity contribution in [3.63, 3.8) is 0 Å². The second-order valence-corrected chi connectivity index (χ2v) is 6.20. The zero-order valence-corrected chi connectivity index (χ0v) is 14.2. The van der Waals surface area contributed by atoms with Crippen molar-refractivity contribution >= 4 is 21.9 Å². The molecule has 21 heavy (non-hydrogen) atoms. The topological polar surface area (TPSA) is 38.8 Å². The lowest BCUT2D eigenvalue weighted by Gasteiger charge is -2.31. The van der Waals surface area contributed by atoms with Crippen molar-refractivity contribution in [3.8, 4) is 5.75 Å². The predicted molar refractivity (Wildman–Crippen MR) is 85.3 cm³/mol. The van der Waals surface area contributed by atoms with E-state index in [0.29, 0.717) is 6.61 Å². The zero-order valence-electron chi connectivity index (χ0n) is 12.6. The molecule has 0 saturated carbocycles. The van der Waals surface area contributed by atoms with Crippen molar-refractivity contribution in [1.82, 2.24) is 4.90 Å². The molecule has 1 saturated heterocycles. The summed E-state index contributed by atoms with van der Waals surface area (Å²) in [5, 5.41) is 0. The molecule has 1 aliphatic rings. The quantitative estimate of drug-likeness (QED) is 0.760. The van der Waals surface area contributed by atoms with E-state index in [2.05, 4.69) is 26.9 Å². The largest absolute Gasteiger partial charge is 0.496 e. The number of hydrogen-bond acceptors (Lipinski definition) is 4. The molecular weight excluding hydrogens is 334 g/mol.